The minimum absolute atomic E-state index is 1.37. The van der Waals surface area contributed by atoms with E-state index in [-0.39, 0.29) is 0 Å². The Morgan fingerprint density at radius 2 is 2.25 bits per heavy atom. The molecule has 0 saturated carbocycles. The molecule has 0 radical (unpaired) electrons. The Balaban J connectivity index is 1.97. The first-order valence-electron chi connectivity index (χ1n) is 0.964. The third kappa shape index (κ3) is 2.11. The van der Waals surface area contributed by atoms with E-state index in [1.165, 1.54) is 7.11 Å². The molecule has 0 aromatic heterocycles. The molecule has 0 aliphatic rings. The molecule has 0 unspecified atom stereocenters. The topological polar surface area (TPSA) is 9.23 Å². The molecular weight excluding hydrogens is 75.1 g/mol. The normalized spacial score (nSPS) is 10.5. The van der Waals surface area contributed by atoms with Crippen molar-refractivity contribution in [2.75, 3.05) is 7.11 Å². The van der Waals surface area contributed by atoms with Gasteiger partial charge in [-0.2, -0.15) is 0 Å². The summed E-state index contributed by atoms with van der Waals surface area (Å²) in [6.07, 6.45) is 0. The van der Waals surface area contributed by atoms with Gasteiger partial charge in [0.15, 0.2) is 0 Å². The highest BCUT2D eigenvalue weighted by molar-refractivity contribution is 6.16. The van der Waals surface area contributed by atoms with Gasteiger partial charge in [-0.1, -0.05) is 0 Å². The van der Waals surface area contributed by atoms with Gasteiger partial charge in [0.25, 0.3) is 0 Å². The smallest absolute Gasteiger partial charge is 0.353 e. The summed E-state index contributed by atoms with van der Waals surface area (Å²) in [5.41, 5.74) is 0. The second-order valence-electron chi connectivity index (χ2n) is 0.398. The van der Waals surface area contributed by atoms with Gasteiger partial charge < -0.3 is 4.43 Å². The molecule has 0 aliphatic heterocycles. The monoisotopic (exact) mass is 80.0 g/mol. The molecule has 0 spiro atoms. The quantitative estimate of drug-likeness (QED) is 0.307. The maximum Gasteiger partial charge on any atom is 0.353 e. The predicted octanol–water partition coefficient (Wildman–Crippen LogP) is -0.399. The zero-order valence-electron chi connectivity index (χ0n) is 2.49. The van der Waals surface area contributed by atoms with Crippen molar-refractivity contribution in [2.45, 2.75) is 0 Å². The van der Waals surface area contributed by atoms with Gasteiger partial charge in [-0.15, -0.1) is 0 Å². The average Bonchev–Trinajstić information content (AvgIpc) is 1.37. The molecule has 0 heterocycles. The fraction of sp³-hybridized carbons (Fsp3) is 1.00. The van der Waals surface area contributed by atoms with Crippen LogP contribution in [-0.2, 0) is 4.43 Å². The molecule has 26 valence electrons. The van der Waals surface area contributed by atoms with Gasteiger partial charge in [-0.25, -0.2) is 0 Å². The van der Waals surface area contributed by atoms with E-state index in [1.807, 2.05) is 0 Å². The van der Waals surface area contributed by atoms with Crippen molar-refractivity contribution < 1.29 is 8.53 Å². The highest BCUT2D eigenvalue weighted by Gasteiger charge is 1.61. The van der Waals surface area contributed by atoms with Crippen LogP contribution >= 0.6 is 0 Å². The van der Waals surface area contributed by atoms with E-state index in [2.05, 4.69) is 4.43 Å². The van der Waals surface area contributed by atoms with Crippen LogP contribution in [0.1, 0.15) is 0 Å². The van der Waals surface area contributed by atoms with E-state index in [4.69, 9.17) is 0 Å². The van der Waals surface area contributed by atoms with Crippen LogP contribution < -0.4 is 0 Å². The first-order valence-corrected chi connectivity index (χ1v) is 2.08. The van der Waals surface area contributed by atoms with Gasteiger partial charge >= 0.3 is 10.1 Å². The summed E-state index contributed by atoms with van der Waals surface area (Å²) < 4.78 is 14.7. The summed E-state index contributed by atoms with van der Waals surface area (Å²) in [6.45, 7) is 0. The Morgan fingerprint density at radius 1 is 2.00 bits per heavy atom. The van der Waals surface area contributed by atoms with Gasteiger partial charge in [0.05, 0.1) is 0 Å². The molecule has 0 atom stereocenters. The Labute approximate surface area is 26.9 Å². The molecule has 1 nitrogen and oxygen atoms in total. The van der Waals surface area contributed by atoms with Crippen LogP contribution in [0.15, 0.2) is 0 Å². The van der Waals surface area contributed by atoms with Crippen molar-refractivity contribution in [1.29, 1.82) is 0 Å². The molecule has 4 heavy (non-hydrogen) atoms. The van der Waals surface area contributed by atoms with Gasteiger partial charge in [0, 0.05) is 7.11 Å². The maximum absolute atomic E-state index is 10.6. The molecule has 0 rings (SSSR count). The summed E-state index contributed by atoms with van der Waals surface area (Å²) in [6, 6.07) is 0. The molecule has 0 aromatic rings. The summed E-state index contributed by atoms with van der Waals surface area (Å²) in [7, 11) is -0.208. The van der Waals surface area contributed by atoms with Gasteiger partial charge in [0.2, 0.25) is 0 Å². The number of halogens is 1. The summed E-state index contributed by atoms with van der Waals surface area (Å²) >= 11 is 0. The fourth-order valence-corrected chi connectivity index (χ4v) is 0. The Morgan fingerprint density at radius 3 is 2.25 bits per heavy atom. The van der Waals surface area contributed by atoms with Crippen molar-refractivity contribution in [3.05, 3.63) is 0 Å². The first-order chi connectivity index (χ1) is 1.91. The largest absolute Gasteiger partial charge is 0.399 e. The van der Waals surface area contributed by atoms with Crippen LogP contribution in [0, 0.1) is 0 Å². The molecule has 3 heteroatoms. The van der Waals surface area contributed by atoms with Crippen molar-refractivity contribution >= 4 is 10.1 Å². The van der Waals surface area contributed by atoms with Gasteiger partial charge in [-0.05, 0) is 0 Å². The van der Waals surface area contributed by atoms with Crippen LogP contribution in [0.3, 0.4) is 0 Å². The summed E-state index contributed by atoms with van der Waals surface area (Å²) in [4.78, 5) is 0. The van der Waals surface area contributed by atoms with Crippen molar-refractivity contribution in [3.8, 4) is 0 Å². The zero-order valence-corrected chi connectivity index (χ0v) is 3.91. The predicted molar refractivity (Wildman–Crippen MR) is 16.7 cm³/mol. The average molecular weight is 80.1 g/mol. The molecule has 0 saturated heterocycles. The lowest BCUT2D eigenvalue weighted by molar-refractivity contribution is 0.405. The second kappa shape index (κ2) is 3.11. The number of hydrogen-bond acceptors (Lipinski definition) is 1. The molecule has 0 amide bonds. The number of hydrogen-bond donors (Lipinski definition) is 0. The Kier molecular flexibility index (Phi) is 3.19. The van der Waals surface area contributed by atoms with Crippen molar-refractivity contribution in [2.24, 2.45) is 0 Å². The highest BCUT2D eigenvalue weighted by atomic mass is 28.3. The highest BCUT2D eigenvalue weighted by Crippen LogP contribution is 1.52. The lowest BCUT2D eigenvalue weighted by Crippen LogP contribution is -1.77. The lowest BCUT2D eigenvalue weighted by atomic mass is 11.8. The molecule has 0 bridgehead atoms. The molecule has 0 aromatic carbocycles. The van der Waals surface area contributed by atoms with Gasteiger partial charge in [-0.3, -0.25) is 4.11 Å². The minimum Gasteiger partial charge on any atom is -0.399 e. The minimum atomic E-state index is -1.58. The van der Waals surface area contributed by atoms with E-state index < -0.39 is 10.1 Å². The van der Waals surface area contributed by atoms with Crippen molar-refractivity contribution in [3.63, 3.8) is 0 Å². The number of rotatable bonds is 1. The van der Waals surface area contributed by atoms with Gasteiger partial charge in [0.1, 0.15) is 0 Å². The third-order valence-electron chi connectivity index (χ3n) is 0.109. The van der Waals surface area contributed by atoms with Crippen LogP contribution in [0.5, 0.6) is 0 Å². The summed E-state index contributed by atoms with van der Waals surface area (Å²) in [5.74, 6) is 0. The van der Waals surface area contributed by atoms with Crippen LogP contribution in [-0.4, -0.2) is 17.2 Å². The van der Waals surface area contributed by atoms with Crippen LogP contribution in [0.4, 0.5) is 4.11 Å². The third-order valence-corrected chi connectivity index (χ3v) is 0.327. The molecule has 0 fully saturated rings. The van der Waals surface area contributed by atoms with Crippen LogP contribution in [0.25, 0.3) is 0 Å². The summed E-state index contributed by atoms with van der Waals surface area (Å²) in [5, 5.41) is 0. The Bertz CT molecular complexity index is 10.0. The second-order valence-corrected chi connectivity index (χ2v) is 1.19. The molecule has 0 aliphatic carbocycles. The van der Waals surface area contributed by atoms with Crippen LogP contribution in [0.2, 0.25) is 0 Å². The van der Waals surface area contributed by atoms with E-state index in [1.54, 1.807) is 0 Å². The first kappa shape index (κ1) is 4.11. The standard InChI is InChI=1S/CH5FOSi/c1-3-4-2/h4H2,1H3. The van der Waals surface area contributed by atoms with E-state index in [0.29, 0.717) is 0 Å². The fourth-order valence-electron chi connectivity index (χ4n) is 0. The van der Waals surface area contributed by atoms with E-state index in [9.17, 15) is 4.11 Å². The lowest BCUT2D eigenvalue weighted by Gasteiger charge is -1.71. The van der Waals surface area contributed by atoms with E-state index >= 15 is 0 Å². The van der Waals surface area contributed by atoms with E-state index in [0.717, 1.165) is 0 Å². The Hall–Kier alpha value is 0.107. The SMILES string of the molecule is CO[SiH2]F. The zero-order chi connectivity index (χ0) is 3.41. The maximum atomic E-state index is 10.6. The molecule has 0 N–H and O–H groups in total. The molecular formula is CH5FOSi. The van der Waals surface area contributed by atoms with Crippen molar-refractivity contribution in [1.82, 2.24) is 0 Å².